The minimum atomic E-state index is -1.35. The first kappa shape index (κ1) is 17.7. The Kier molecular flexibility index (Phi) is 5.39. The van der Waals surface area contributed by atoms with E-state index >= 15 is 0 Å². The lowest BCUT2D eigenvalue weighted by molar-refractivity contribution is 0.0599. The van der Waals surface area contributed by atoms with Crippen molar-refractivity contribution in [3.63, 3.8) is 0 Å². The second kappa shape index (κ2) is 7.30. The average molecular weight is 348 g/mol. The van der Waals surface area contributed by atoms with Gasteiger partial charge in [-0.3, -0.25) is 0 Å². The fourth-order valence-corrected chi connectivity index (χ4v) is 2.25. The highest BCUT2D eigenvalue weighted by atomic mass is 35.5. The first-order valence-corrected chi connectivity index (χ1v) is 7.42. The SMILES string of the molecule is CC(O)(CNC(=O)Nc1ccc(C#N)c(Cl)c1)c1ccc(F)cc1. The quantitative estimate of drug-likeness (QED) is 0.792. The van der Waals surface area contributed by atoms with Gasteiger partial charge >= 0.3 is 6.03 Å². The third-order valence-electron chi connectivity index (χ3n) is 3.41. The molecule has 24 heavy (non-hydrogen) atoms. The van der Waals surface area contributed by atoms with Crippen LogP contribution < -0.4 is 10.6 Å². The van der Waals surface area contributed by atoms with Crippen LogP contribution in [0.3, 0.4) is 0 Å². The largest absolute Gasteiger partial charge is 0.384 e. The van der Waals surface area contributed by atoms with Gasteiger partial charge in [-0.15, -0.1) is 0 Å². The van der Waals surface area contributed by atoms with E-state index in [4.69, 9.17) is 16.9 Å². The lowest BCUT2D eigenvalue weighted by Crippen LogP contribution is -2.40. The number of aliphatic hydroxyl groups is 1. The van der Waals surface area contributed by atoms with Crippen LogP contribution in [0.15, 0.2) is 42.5 Å². The number of benzene rings is 2. The van der Waals surface area contributed by atoms with Crippen molar-refractivity contribution >= 4 is 23.3 Å². The predicted octanol–water partition coefficient (Wildman–Crippen LogP) is 3.38. The summed E-state index contributed by atoms with van der Waals surface area (Å²) in [6, 6.07) is 11.3. The zero-order valence-electron chi connectivity index (χ0n) is 12.8. The van der Waals surface area contributed by atoms with Gasteiger partial charge in [0.15, 0.2) is 0 Å². The topological polar surface area (TPSA) is 85.2 Å². The zero-order chi connectivity index (χ0) is 17.7. The van der Waals surface area contributed by atoms with Crippen LogP contribution >= 0.6 is 11.6 Å². The standard InChI is InChI=1S/C17H15ClFN3O2/c1-17(24,12-3-5-13(19)6-4-12)10-21-16(23)22-14-7-2-11(9-20)15(18)8-14/h2-8,24H,10H2,1H3,(H2,21,22,23). The Labute approximate surface area is 143 Å². The van der Waals surface area contributed by atoms with Gasteiger partial charge < -0.3 is 15.7 Å². The number of rotatable bonds is 4. The maximum atomic E-state index is 12.9. The highest BCUT2D eigenvalue weighted by Crippen LogP contribution is 2.21. The highest BCUT2D eigenvalue weighted by molar-refractivity contribution is 6.32. The van der Waals surface area contributed by atoms with Crippen LogP contribution in [0.2, 0.25) is 5.02 Å². The molecule has 1 atom stereocenters. The molecule has 0 heterocycles. The Morgan fingerprint density at radius 2 is 2.00 bits per heavy atom. The highest BCUT2D eigenvalue weighted by Gasteiger charge is 2.23. The van der Waals surface area contributed by atoms with Gasteiger partial charge in [-0.2, -0.15) is 5.26 Å². The van der Waals surface area contributed by atoms with Gasteiger partial charge in [0.2, 0.25) is 0 Å². The molecule has 0 aliphatic rings. The minimum Gasteiger partial charge on any atom is -0.384 e. The molecule has 124 valence electrons. The Morgan fingerprint density at radius 1 is 1.33 bits per heavy atom. The van der Waals surface area contributed by atoms with Gasteiger partial charge in [0.05, 0.1) is 17.1 Å². The summed E-state index contributed by atoms with van der Waals surface area (Å²) in [6.07, 6.45) is 0. The molecular weight excluding hydrogens is 333 g/mol. The molecule has 3 N–H and O–H groups in total. The molecule has 0 saturated carbocycles. The van der Waals surface area contributed by atoms with E-state index in [0.29, 0.717) is 16.8 Å². The number of anilines is 1. The second-order valence-electron chi connectivity index (χ2n) is 5.39. The van der Waals surface area contributed by atoms with E-state index in [-0.39, 0.29) is 11.6 Å². The maximum Gasteiger partial charge on any atom is 0.319 e. The van der Waals surface area contributed by atoms with E-state index in [1.165, 1.54) is 43.3 Å². The fraction of sp³-hybridized carbons (Fsp3) is 0.176. The zero-order valence-corrected chi connectivity index (χ0v) is 13.6. The molecular formula is C17H15ClFN3O2. The maximum absolute atomic E-state index is 12.9. The Balaban J connectivity index is 1.96. The molecule has 0 radical (unpaired) electrons. The third kappa shape index (κ3) is 4.44. The summed E-state index contributed by atoms with van der Waals surface area (Å²) >= 11 is 5.89. The normalized spacial score (nSPS) is 12.8. The van der Waals surface area contributed by atoms with Crippen molar-refractivity contribution in [2.45, 2.75) is 12.5 Å². The van der Waals surface area contributed by atoms with E-state index < -0.39 is 17.4 Å². The summed E-state index contributed by atoms with van der Waals surface area (Å²) in [7, 11) is 0. The summed E-state index contributed by atoms with van der Waals surface area (Å²) in [4.78, 5) is 11.9. The number of carbonyl (C=O) groups excluding carboxylic acids is 1. The number of hydrogen-bond donors (Lipinski definition) is 3. The van der Waals surface area contributed by atoms with E-state index in [1.807, 2.05) is 6.07 Å². The van der Waals surface area contributed by atoms with Crippen molar-refractivity contribution in [2.75, 3.05) is 11.9 Å². The smallest absolute Gasteiger partial charge is 0.319 e. The van der Waals surface area contributed by atoms with Crippen LogP contribution in [0, 0.1) is 17.1 Å². The van der Waals surface area contributed by atoms with Gasteiger partial charge in [0, 0.05) is 5.69 Å². The van der Waals surface area contributed by atoms with Crippen molar-refractivity contribution in [1.82, 2.24) is 5.32 Å². The van der Waals surface area contributed by atoms with Crippen molar-refractivity contribution in [3.8, 4) is 6.07 Å². The van der Waals surface area contributed by atoms with Crippen LogP contribution in [0.25, 0.3) is 0 Å². The number of carbonyl (C=O) groups is 1. The summed E-state index contributed by atoms with van der Waals surface area (Å²) in [5.41, 5.74) is -0.154. The molecule has 0 bridgehead atoms. The Bertz CT molecular complexity index is 785. The minimum absolute atomic E-state index is 0.0749. The second-order valence-corrected chi connectivity index (χ2v) is 5.80. The van der Waals surface area contributed by atoms with Crippen LogP contribution in [0.5, 0.6) is 0 Å². The van der Waals surface area contributed by atoms with Gasteiger partial charge in [0.1, 0.15) is 17.5 Å². The van der Waals surface area contributed by atoms with Gasteiger partial charge in [0.25, 0.3) is 0 Å². The van der Waals surface area contributed by atoms with Crippen molar-refractivity contribution in [3.05, 3.63) is 64.4 Å². The Morgan fingerprint density at radius 3 is 2.58 bits per heavy atom. The van der Waals surface area contributed by atoms with Crippen LogP contribution in [-0.2, 0) is 5.60 Å². The van der Waals surface area contributed by atoms with Crippen LogP contribution in [-0.4, -0.2) is 17.7 Å². The average Bonchev–Trinajstić information content (AvgIpc) is 2.54. The lowest BCUT2D eigenvalue weighted by atomic mass is 9.96. The van der Waals surface area contributed by atoms with Crippen LogP contribution in [0.4, 0.5) is 14.9 Å². The van der Waals surface area contributed by atoms with E-state index in [1.54, 1.807) is 6.07 Å². The van der Waals surface area contributed by atoms with E-state index in [2.05, 4.69) is 10.6 Å². The van der Waals surface area contributed by atoms with E-state index in [0.717, 1.165) is 0 Å². The van der Waals surface area contributed by atoms with Crippen molar-refractivity contribution in [2.24, 2.45) is 0 Å². The molecule has 0 aromatic heterocycles. The van der Waals surface area contributed by atoms with Crippen molar-refractivity contribution < 1.29 is 14.3 Å². The van der Waals surface area contributed by atoms with Gasteiger partial charge in [-0.1, -0.05) is 23.7 Å². The Hall–Kier alpha value is -2.62. The molecule has 0 aliphatic carbocycles. The first-order chi connectivity index (χ1) is 11.3. The lowest BCUT2D eigenvalue weighted by Gasteiger charge is -2.24. The van der Waals surface area contributed by atoms with Gasteiger partial charge in [-0.05, 0) is 42.8 Å². The molecule has 0 fully saturated rings. The predicted molar refractivity (Wildman–Crippen MR) is 89.2 cm³/mol. The molecule has 5 nitrogen and oxygen atoms in total. The summed E-state index contributed by atoms with van der Waals surface area (Å²) in [5, 5.41) is 24.5. The molecule has 0 saturated heterocycles. The number of nitriles is 1. The third-order valence-corrected chi connectivity index (χ3v) is 3.72. The molecule has 1 unspecified atom stereocenters. The number of amides is 2. The molecule has 2 aromatic rings. The number of nitrogens with one attached hydrogen (secondary N) is 2. The van der Waals surface area contributed by atoms with Crippen LogP contribution in [0.1, 0.15) is 18.1 Å². The van der Waals surface area contributed by atoms with Crippen molar-refractivity contribution in [1.29, 1.82) is 5.26 Å². The fourth-order valence-electron chi connectivity index (χ4n) is 2.02. The van der Waals surface area contributed by atoms with E-state index in [9.17, 15) is 14.3 Å². The monoisotopic (exact) mass is 347 g/mol. The molecule has 2 aromatic carbocycles. The number of halogens is 2. The molecule has 0 spiro atoms. The molecule has 2 amide bonds. The first-order valence-electron chi connectivity index (χ1n) is 7.05. The molecule has 2 rings (SSSR count). The molecule has 7 heteroatoms. The summed E-state index contributed by atoms with van der Waals surface area (Å²) in [6.45, 7) is 1.44. The number of nitrogens with zero attached hydrogens (tertiary/aromatic N) is 1. The number of hydrogen-bond acceptors (Lipinski definition) is 3. The summed E-state index contributed by atoms with van der Waals surface area (Å²) < 4.78 is 12.9. The summed E-state index contributed by atoms with van der Waals surface area (Å²) in [5.74, 6) is -0.405. The van der Waals surface area contributed by atoms with Gasteiger partial charge in [-0.25, -0.2) is 9.18 Å². The molecule has 0 aliphatic heterocycles. The number of urea groups is 1.